The molecule has 1 aliphatic rings. The van der Waals surface area contributed by atoms with Crippen molar-refractivity contribution in [3.05, 3.63) is 65.2 Å². The van der Waals surface area contributed by atoms with Gasteiger partial charge in [-0.25, -0.2) is 0 Å². The molecule has 110 valence electrons. The molecule has 0 amide bonds. The Morgan fingerprint density at radius 1 is 0.818 bits per heavy atom. The van der Waals surface area contributed by atoms with Crippen molar-refractivity contribution in [3.8, 4) is 16.9 Å². The van der Waals surface area contributed by atoms with Crippen LogP contribution in [0.4, 0.5) is 0 Å². The minimum Gasteiger partial charge on any atom is -0.496 e. The van der Waals surface area contributed by atoms with Crippen molar-refractivity contribution in [2.24, 2.45) is 0 Å². The Morgan fingerprint density at radius 3 is 2.23 bits per heavy atom. The topological polar surface area (TPSA) is 9.23 Å². The second-order valence-corrected chi connectivity index (χ2v) is 6.19. The Kier molecular flexibility index (Phi) is 3.15. The van der Waals surface area contributed by atoms with E-state index in [4.69, 9.17) is 4.74 Å². The predicted octanol–water partition coefficient (Wildman–Crippen LogP) is 5.31. The minimum absolute atomic E-state index is 0.999. The van der Waals surface area contributed by atoms with Crippen LogP contribution in [0.2, 0.25) is 0 Å². The van der Waals surface area contributed by atoms with Gasteiger partial charge in [-0.15, -0.1) is 0 Å². The number of ether oxygens (including phenoxy) is 1. The molecular formula is C21H20O. The van der Waals surface area contributed by atoms with E-state index in [0.717, 1.165) is 5.75 Å². The van der Waals surface area contributed by atoms with E-state index in [2.05, 4.69) is 55.5 Å². The standard InChI is InChI=1S/C21H20O/c1-14-10-15-6-3-4-7-16(15)11-19(14)20-12-17-8-5-9-18(17)13-21(20)22-2/h3-4,6-7,10-13H,5,8-9H2,1-2H3. The van der Waals surface area contributed by atoms with Crippen LogP contribution in [-0.4, -0.2) is 7.11 Å². The third-order valence-electron chi connectivity index (χ3n) is 4.80. The maximum absolute atomic E-state index is 5.69. The summed E-state index contributed by atoms with van der Waals surface area (Å²) in [6, 6.07) is 17.7. The van der Waals surface area contributed by atoms with E-state index in [0.29, 0.717) is 0 Å². The van der Waals surface area contributed by atoms with E-state index in [9.17, 15) is 0 Å². The van der Waals surface area contributed by atoms with Crippen molar-refractivity contribution in [1.82, 2.24) is 0 Å². The molecule has 0 saturated carbocycles. The zero-order valence-corrected chi connectivity index (χ0v) is 13.1. The highest BCUT2D eigenvalue weighted by Crippen LogP contribution is 2.38. The molecule has 0 heterocycles. The molecule has 0 N–H and O–H groups in total. The SMILES string of the molecule is COc1cc2c(cc1-c1cc3ccccc3cc1C)CCC2. The fourth-order valence-electron chi connectivity index (χ4n) is 3.63. The molecule has 3 aromatic rings. The highest BCUT2D eigenvalue weighted by atomic mass is 16.5. The van der Waals surface area contributed by atoms with E-state index in [1.807, 2.05) is 0 Å². The quantitative estimate of drug-likeness (QED) is 0.620. The van der Waals surface area contributed by atoms with Gasteiger partial charge in [-0.3, -0.25) is 0 Å². The molecule has 3 aromatic carbocycles. The lowest BCUT2D eigenvalue weighted by Gasteiger charge is -2.15. The summed E-state index contributed by atoms with van der Waals surface area (Å²) in [5.74, 6) is 0.999. The molecule has 1 nitrogen and oxygen atoms in total. The van der Waals surface area contributed by atoms with Gasteiger partial charge in [0.25, 0.3) is 0 Å². The summed E-state index contributed by atoms with van der Waals surface area (Å²) in [6.07, 6.45) is 3.64. The first kappa shape index (κ1) is 13.4. The van der Waals surface area contributed by atoms with E-state index in [1.165, 1.54) is 57.9 Å². The van der Waals surface area contributed by atoms with Crippen molar-refractivity contribution in [2.75, 3.05) is 7.11 Å². The Morgan fingerprint density at radius 2 is 1.50 bits per heavy atom. The molecule has 4 rings (SSSR count). The maximum Gasteiger partial charge on any atom is 0.126 e. The fraction of sp³-hybridized carbons (Fsp3) is 0.238. The summed E-state index contributed by atoms with van der Waals surface area (Å²) in [7, 11) is 1.77. The number of fused-ring (bicyclic) bond motifs is 2. The monoisotopic (exact) mass is 288 g/mol. The maximum atomic E-state index is 5.69. The molecule has 0 spiro atoms. The van der Waals surface area contributed by atoms with Crippen molar-refractivity contribution in [2.45, 2.75) is 26.2 Å². The van der Waals surface area contributed by atoms with Crippen LogP contribution in [0.1, 0.15) is 23.1 Å². The Balaban J connectivity index is 1.96. The van der Waals surface area contributed by atoms with Crippen LogP contribution in [-0.2, 0) is 12.8 Å². The van der Waals surface area contributed by atoms with Crippen molar-refractivity contribution in [3.63, 3.8) is 0 Å². The average Bonchev–Trinajstić information content (AvgIpc) is 3.00. The van der Waals surface area contributed by atoms with Crippen LogP contribution in [0.5, 0.6) is 5.75 Å². The molecular weight excluding hydrogens is 268 g/mol. The minimum atomic E-state index is 0.999. The van der Waals surface area contributed by atoms with Gasteiger partial charge in [-0.05, 0) is 77.4 Å². The van der Waals surface area contributed by atoms with Crippen LogP contribution in [0.25, 0.3) is 21.9 Å². The fourth-order valence-corrected chi connectivity index (χ4v) is 3.63. The van der Waals surface area contributed by atoms with E-state index in [1.54, 1.807) is 7.11 Å². The number of hydrogen-bond donors (Lipinski definition) is 0. The van der Waals surface area contributed by atoms with Crippen LogP contribution in [0.3, 0.4) is 0 Å². The summed E-state index contributed by atoms with van der Waals surface area (Å²) in [4.78, 5) is 0. The molecule has 1 aliphatic carbocycles. The number of methoxy groups -OCH3 is 1. The van der Waals surface area contributed by atoms with Gasteiger partial charge >= 0.3 is 0 Å². The van der Waals surface area contributed by atoms with Crippen molar-refractivity contribution >= 4 is 10.8 Å². The molecule has 0 aliphatic heterocycles. The Hall–Kier alpha value is -2.28. The van der Waals surface area contributed by atoms with Gasteiger partial charge in [0, 0.05) is 5.56 Å². The zero-order valence-electron chi connectivity index (χ0n) is 13.1. The van der Waals surface area contributed by atoms with Crippen LogP contribution in [0, 0.1) is 6.92 Å². The Bertz CT molecular complexity index is 861. The highest BCUT2D eigenvalue weighted by molar-refractivity contribution is 5.90. The predicted molar refractivity (Wildman–Crippen MR) is 92.7 cm³/mol. The molecule has 0 bridgehead atoms. The van der Waals surface area contributed by atoms with E-state index < -0.39 is 0 Å². The lowest BCUT2D eigenvalue weighted by molar-refractivity contribution is 0.416. The highest BCUT2D eigenvalue weighted by Gasteiger charge is 2.17. The first-order valence-corrected chi connectivity index (χ1v) is 7.96. The molecule has 0 saturated heterocycles. The first-order valence-electron chi connectivity index (χ1n) is 7.96. The normalized spacial score (nSPS) is 13.4. The summed E-state index contributed by atoms with van der Waals surface area (Å²) in [5.41, 5.74) is 6.76. The molecule has 0 aromatic heterocycles. The van der Waals surface area contributed by atoms with E-state index in [-0.39, 0.29) is 0 Å². The summed E-state index contributed by atoms with van der Waals surface area (Å²) < 4.78 is 5.69. The lowest BCUT2D eigenvalue weighted by Crippen LogP contribution is -1.94. The molecule has 22 heavy (non-hydrogen) atoms. The third-order valence-corrected chi connectivity index (χ3v) is 4.80. The summed E-state index contributed by atoms with van der Waals surface area (Å²) in [5, 5.41) is 2.58. The third kappa shape index (κ3) is 2.09. The summed E-state index contributed by atoms with van der Waals surface area (Å²) in [6.45, 7) is 2.19. The lowest BCUT2D eigenvalue weighted by atomic mass is 9.93. The average molecular weight is 288 g/mol. The summed E-state index contributed by atoms with van der Waals surface area (Å²) >= 11 is 0. The number of hydrogen-bond acceptors (Lipinski definition) is 1. The smallest absolute Gasteiger partial charge is 0.126 e. The second kappa shape index (κ2) is 5.17. The second-order valence-electron chi connectivity index (χ2n) is 6.19. The van der Waals surface area contributed by atoms with Crippen LogP contribution >= 0.6 is 0 Å². The van der Waals surface area contributed by atoms with Gasteiger partial charge < -0.3 is 4.74 Å². The van der Waals surface area contributed by atoms with Crippen LogP contribution < -0.4 is 4.74 Å². The van der Waals surface area contributed by atoms with Gasteiger partial charge in [-0.1, -0.05) is 30.3 Å². The molecule has 0 unspecified atom stereocenters. The van der Waals surface area contributed by atoms with Crippen molar-refractivity contribution in [1.29, 1.82) is 0 Å². The van der Waals surface area contributed by atoms with Gasteiger partial charge in [0.05, 0.1) is 7.11 Å². The molecule has 1 heteroatoms. The Labute approximate surface area is 131 Å². The number of aryl methyl sites for hydroxylation is 3. The number of benzene rings is 3. The zero-order chi connectivity index (χ0) is 15.1. The van der Waals surface area contributed by atoms with Crippen molar-refractivity contribution < 1.29 is 4.74 Å². The first-order chi connectivity index (χ1) is 10.8. The van der Waals surface area contributed by atoms with Gasteiger partial charge in [0.1, 0.15) is 5.75 Å². The number of rotatable bonds is 2. The van der Waals surface area contributed by atoms with E-state index >= 15 is 0 Å². The van der Waals surface area contributed by atoms with Gasteiger partial charge in [0.15, 0.2) is 0 Å². The molecule has 0 fully saturated rings. The van der Waals surface area contributed by atoms with Gasteiger partial charge in [-0.2, -0.15) is 0 Å². The van der Waals surface area contributed by atoms with Gasteiger partial charge in [0.2, 0.25) is 0 Å². The molecule has 0 radical (unpaired) electrons. The largest absolute Gasteiger partial charge is 0.496 e. The van der Waals surface area contributed by atoms with Crippen LogP contribution in [0.15, 0.2) is 48.5 Å². The molecule has 0 atom stereocenters.